The van der Waals surface area contributed by atoms with Crippen molar-refractivity contribution < 1.29 is 15.3 Å². The van der Waals surface area contributed by atoms with E-state index >= 15 is 0 Å². The van der Waals surface area contributed by atoms with Crippen LogP contribution in [-0.2, 0) is 0 Å². The maximum absolute atomic E-state index is 11.1. The van der Waals surface area contributed by atoms with E-state index in [-0.39, 0.29) is 11.5 Å². The molecule has 0 aliphatic heterocycles. The van der Waals surface area contributed by atoms with Crippen LogP contribution in [0.25, 0.3) is 0 Å². The number of rotatable bonds is 13. The molecule has 3 N–H and O–H groups in total. The molecule has 0 aromatic carbocycles. The molecule has 3 nitrogen and oxygen atoms in total. The van der Waals surface area contributed by atoms with Crippen molar-refractivity contribution in [2.24, 2.45) is 28.6 Å². The van der Waals surface area contributed by atoms with Crippen molar-refractivity contribution in [2.45, 2.75) is 148 Å². The van der Waals surface area contributed by atoms with E-state index in [4.69, 9.17) is 0 Å². The zero-order valence-corrected chi connectivity index (χ0v) is 25.3. The van der Waals surface area contributed by atoms with Gasteiger partial charge >= 0.3 is 0 Å². The fraction of sp³-hybridized carbons (Fsp3) is 0.778. The van der Waals surface area contributed by atoms with Crippen LogP contribution in [-0.4, -0.2) is 33.6 Å². The number of allylic oxidation sites excluding steroid dienone is 4. The van der Waals surface area contributed by atoms with Crippen LogP contribution in [0, 0.1) is 28.6 Å². The summed E-state index contributed by atoms with van der Waals surface area (Å²) in [7, 11) is 0. The Morgan fingerprint density at radius 3 is 2.41 bits per heavy atom. The molecule has 0 aromatic heterocycles. The molecular weight excluding hydrogens is 480 g/mol. The Balaban J connectivity index is 1.32. The highest BCUT2D eigenvalue weighted by Gasteiger charge is 2.51. The first-order valence-corrected chi connectivity index (χ1v) is 16.5. The molecule has 220 valence electrons. The van der Waals surface area contributed by atoms with Crippen LogP contribution in [0.3, 0.4) is 0 Å². The van der Waals surface area contributed by atoms with Gasteiger partial charge in [0, 0.05) is 6.42 Å². The summed E-state index contributed by atoms with van der Waals surface area (Å²) in [5.74, 6) is 1.73. The normalized spacial score (nSPS) is 36.0. The fourth-order valence-electron chi connectivity index (χ4n) is 8.52. The Morgan fingerprint density at radius 2 is 1.69 bits per heavy atom. The van der Waals surface area contributed by atoms with Crippen LogP contribution in [0.15, 0.2) is 47.6 Å². The SMILES string of the molecule is C=C1C(=CC=C2CCC[C@]3(C)[C@@H]([C@H](C)C=C[C@@H](O)C4(CCCCCCCCC)CC4)CC[C@@H]23)C[C@@H](O)C[C@@H]1O. The second kappa shape index (κ2) is 13.7. The number of unbranched alkanes of at least 4 members (excludes halogenated alkanes) is 6. The first-order chi connectivity index (χ1) is 18.7. The summed E-state index contributed by atoms with van der Waals surface area (Å²) >= 11 is 0. The average Bonchev–Trinajstić information content (AvgIpc) is 3.61. The summed E-state index contributed by atoms with van der Waals surface area (Å²) in [6, 6.07) is 0. The molecule has 0 radical (unpaired) electrons. The molecule has 0 aromatic rings. The van der Waals surface area contributed by atoms with E-state index in [1.54, 1.807) is 5.57 Å². The minimum Gasteiger partial charge on any atom is -0.393 e. The zero-order valence-electron chi connectivity index (χ0n) is 25.3. The molecule has 0 unspecified atom stereocenters. The van der Waals surface area contributed by atoms with E-state index < -0.39 is 12.2 Å². The number of hydrogen-bond acceptors (Lipinski definition) is 3. The predicted octanol–water partition coefficient (Wildman–Crippen LogP) is 8.60. The van der Waals surface area contributed by atoms with Gasteiger partial charge in [-0.2, -0.15) is 0 Å². The molecule has 0 bridgehead atoms. The summed E-state index contributed by atoms with van der Waals surface area (Å²) in [5.41, 5.74) is 3.79. The number of hydrogen-bond donors (Lipinski definition) is 3. The van der Waals surface area contributed by atoms with Crippen LogP contribution in [0.4, 0.5) is 0 Å². The van der Waals surface area contributed by atoms with Crippen LogP contribution >= 0.6 is 0 Å². The van der Waals surface area contributed by atoms with Gasteiger partial charge in [-0.05, 0) is 97.5 Å². The molecule has 3 heteroatoms. The van der Waals surface area contributed by atoms with Gasteiger partial charge in [-0.1, -0.05) is 102 Å². The quantitative estimate of drug-likeness (QED) is 0.162. The van der Waals surface area contributed by atoms with E-state index in [9.17, 15) is 15.3 Å². The van der Waals surface area contributed by atoms with E-state index in [0.717, 1.165) is 17.6 Å². The molecule has 0 spiro atoms. The van der Waals surface area contributed by atoms with Gasteiger partial charge < -0.3 is 15.3 Å². The highest BCUT2D eigenvalue weighted by molar-refractivity contribution is 5.38. The Bertz CT molecular complexity index is 908. The monoisotopic (exact) mass is 538 g/mol. The second-order valence-electron chi connectivity index (χ2n) is 14.1. The lowest BCUT2D eigenvalue weighted by Gasteiger charge is -2.44. The molecule has 4 aliphatic rings. The molecule has 4 fully saturated rings. The van der Waals surface area contributed by atoms with Gasteiger partial charge in [0.25, 0.3) is 0 Å². The second-order valence-corrected chi connectivity index (χ2v) is 14.1. The lowest BCUT2D eigenvalue weighted by Crippen LogP contribution is -2.35. The third-order valence-corrected chi connectivity index (χ3v) is 11.3. The average molecular weight is 539 g/mol. The fourth-order valence-corrected chi connectivity index (χ4v) is 8.52. The Labute approximate surface area is 239 Å². The first-order valence-electron chi connectivity index (χ1n) is 16.5. The lowest BCUT2D eigenvalue weighted by atomic mass is 9.61. The van der Waals surface area contributed by atoms with Crippen LogP contribution in [0.1, 0.15) is 130 Å². The third-order valence-electron chi connectivity index (χ3n) is 11.3. The van der Waals surface area contributed by atoms with E-state index in [0.29, 0.717) is 36.0 Å². The number of fused-ring (bicyclic) bond motifs is 1. The molecule has 4 rings (SSSR count). The van der Waals surface area contributed by atoms with Gasteiger partial charge in [-0.15, -0.1) is 0 Å². The molecule has 0 heterocycles. The van der Waals surface area contributed by atoms with Crippen LogP contribution in [0.2, 0.25) is 0 Å². The molecular formula is C36H58O3. The lowest BCUT2D eigenvalue weighted by molar-refractivity contribution is 0.0862. The maximum Gasteiger partial charge on any atom is 0.0811 e. The van der Waals surface area contributed by atoms with Crippen molar-refractivity contribution in [1.82, 2.24) is 0 Å². The molecule has 7 atom stereocenters. The van der Waals surface area contributed by atoms with E-state index in [2.05, 4.69) is 51.7 Å². The standard InChI is InChI=1S/C36H58O3/c1-5-6-7-8-9-10-11-21-36(22-23-36)34(39)19-14-26(2)31-17-18-32-28(13-12-20-35(31,32)4)15-16-29-24-30(37)25-33(38)27(29)3/h14-16,19,26,30-34,37-39H,3,5-13,17-18,20-25H2,1-2,4H3/t26-,30-,31-,32+,33+,34-,35-/m1/s1. The minimum absolute atomic E-state index is 0.167. The van der Waals surface area contributed by atoms with Gasteiger partial charge in [-0.25, -0.2) is 0 Å². The van der Waals surface area contributed by atoms with Crippen LogP contribution < -0.4 is 0 Å². The summed E-state index contributed by atoms with van der Waals surface area (Å²) in [6.07, 6.45) is 27.7. The largest absolute Gasteiger partial charge is 0.393 e. The van der Waals surface area contributed by atoms with Gasteiger partial charge in [0.05, 0.1) is 18.3 Å². The number of aliphatic hydroxyl groups excluding tert-OH is 3. The topological polar surface area (TPSA) is 60.7 Å². The predicted molar refractivity (Wildman–Crippen MR) is 163 cm³/mol. The van der Waals surface area contributed by atoms with Crippen molar-refractivity contribution in [3.63, 3.8) is 0 Å². The Morgan fingerprint density at radius 1 is 0.974 bits per heavy atom. The van der Waals surface area contributed by atoms with Crippen molar-refractivity contribution in [3.8, 4) is 0 Å². The zero-order chi connectivity index (χ0) is 28.0. The molecule has 4 aliphatic carbocycles. The summed E-state index contributed by atoms with van der Waals surface area (Å²) in [6.45, 7) is 11.3. The smallest absolute Gasteiger partial charge is 0.0811 e. The van der Waals surface area contributed by atoms with Gasteiger partial charge in [0.1, 0.15) is 0 Å². The highest BCUT2D eigenvalue weighted by atomic mass is 16.3. The third kappa shape index (κ3) is 7.38. The summed E-state index contributed by atoms with van der Waals surface area (Å²) in [5, 5.41) is 31.5. The van der Waals surface area contributed by atoms with Gasteiger partial charge in [0.15, 0.2) is 0 Å². The summed E-state index contributed by atoms with van der Waals surface area (Å²) in [4.78, 5) is 0. The van der Waals surface area contributed by atoms with Crippen molar-refractivity contribution in [3.05, 3.63) is 47.6 Å². The first kappa shape index (κ1) is 30.8. The Hall–Kier alpha value is -1.16. The van der Waals surface area contributed by atoms with Crippen molar-refractivity contribution >= 4 is 0 Å². The van der Waals surface area contributed by atoms with Gasteiger partial charge in [-0.3, -0.25) is 0 Å². The van der Waals surface area contributed by atoms with E-state index in [1.807, 2.05) is 0 Å². The number of aliphatic hydroxyl groups is 3. The summed E-state index contributed by atoms with van der Waals surface area (Å²) < 4.78 is 0. The molecule has 0 amide bonds. The van der Waals surface area contributed by atoms with Crippen molar-refractivity contribution in [1.29, 1.82) is 0 Å². The molecule has 0 saturated heterocycles. The molecule has 4 saturated carbocycles. The highest BCUT2D eigenvalue weighted by Crippen LogP contribution is 2.60. The van der Waals surface area contributed by atoms with Crippen molar-refractivity contribution in [2.75, 3.05) is 0 Å². The maximum atomic E-state index is 11.1. The van der Waals surface area contributed by atoms with Gasteiger partial charge in [0.2, 0.25) is 0 Å². The minimum atomic E-state index is -0.626. The Kier molecular flexibility index (Phi) is 10.8. The van der Waals surface area contributed by atoms with Crippen LogP contribution in [0.5, 0.6) is 0 Å². The van der Waals surface area contributed by atoms with E-state index in [1.165, 1.54) is 89.9 Å². The molecule has 39 heavy (non-hydrogen) atoms.